The number of rotatable bonds is 5. The first kappa shape index (κ1) is 12.7. The molecule has 1 N–H and O–H groups in total. The summed E-state index contributed by atoms with van der Waals surface area (Å²) in [6, 6.07) is 8.23. The smallest absolute Gasteiger partial charge is 0.334 e. The first-order valence-corrected chi connectivity index (χ1v) is 5.45. The van der Waals surface area contributed by atoms with Crippen LogP contribution in [0.2, 0.25) is 0 Å². The van der Waals surface area contributed by atoms with Crippen LogP contribution in [-0.2, 0) is 16.0 Å². The van der Waals surface area contributed by atoms with Gasteiger partial charge in [-0.05, 0) is 31.7 Å². The fourth-order valence-corrected chi connectivity index (χ4v) is 1.62. The number of methoxy groups -OCH3 is 1. The molecule has 1 aromatic carbocycles. The molecule has 0 aliphatic rings. The molecule has 1 rings (SSSR count). The third-order valence-corrected chi connectivity index (χ3v) is 2.50. The molecule has 0 amide bonds. The fourth-order valence-electron chi connectivity index (χ4n) is 1.62. The van der Waals surface area contributed by atoms with E-state index in [1.807, 2.05) is 19.1 Å². The normalized spacial score (nSPS) is 12.2. The summed E-state index contributed by atoms with van der Waals surface area (Å²) in [5, 5.41) is 9.38. The number of benzene rings is 1. The van der Waals surface area contributed by atoms with Gasteiger partial charge in [0.1, 0.15) is 0 Å². The van der Waals surface area contributed by atoms with Crippen molar-refractivity contribution in [1.82, 2.24) is 0 Å². The lowest BCUT2D eigenvalue weighted by molar-refractivity contribution is -0.150. The first-order valence-electron chi connectivity index (χ1n) is 5.45. The standard InChI is InChI=1S/C13H18O3/c1-10-5-3-6-11(9-10)7-4-8-12(14)13(15)16-2/h3,5-6,9,12,14H,4,7-8H2,1-2H3. The second-order valence-electron chi connectivity index (χ2n) is 3.92. The van der Waals surface area contributed by atoms with Crippen LogP contribution in [0.4, 0.5) is 0 Å². The molecule has 0 heterocycles. The van der Waals surface area contributed by atoms with Crippen LogP contribution in [0.1, 0.15) is 24.0 Å². The summed E-state index contributed by atoms with van der Waals surface area (Å²) in [6.07, 6.45) is 1.10. The summed E-state index contributed by atoms with van der Waals surface area (Å²) < 4.78 is 4.44. The average Bonchev–Trinajstić information content (AvgIpc) is 2.28. The minimum absolute atomic E-state index is 0.445. The average molecular weight is 222 g/mol. The Balaban J connectivity index is 2.33. The molecule has 1 unspecified atom stereocenters. The van der Waals surface area contributed by atoms with Crippen LogP contribution in [0.3, 0.4) is 0 Å². The number of aliphatic hydroxyl groups excluding tert-OH is 1. The predicted octanol–water partition coefficient (Wildman–Crippen LogP) is 1.85. The molecule has 0 saturated heterocycles. The first-order chi connectivity index (χ1) is 7.63. The van der Waals surface area contributed by atoms with Crippen molar-refractivity contribution in [1.29, 1.82) is 0 Å². The second-order valence-corrected chi connectivity index (χ2v) is 3.92. The van der Waals surface area contributed by atoms with Gasteiger partial charge in [-0.3, -0.25) is 0 Å². The molecule has 3 nitrogen and oxygen atoms in total. The van der Waals surface area contributed by atoms with Gasteiger partial charge in [-0.2, -0.15) is 0 Å². The van der Waals surface area contributed by atoms with E-state index < -0.39 is 12.1 Å². The maximum Gasteiger partial charge on any atom is 0.334 e. The molecule has 0 saturated carbocycles. The highest BCUT2D eigenvalue weighted by Gasteiger charge is 2.14. The Morgan fingerprint density at radius 3 is 2.88 bits per heavy atom. The molecular formula is C13H18O3. The lowest BCUT2D eigenvalue weighted by Crippen LogP contribution is -2.21. The van der Waals surface area contributed by atoms with Crippen LogP contribution in [0.15, 0.2) is 24.3 Å². The fraction of sp³-hybridized carbons (Fsp3) is 0.462. The third-order valence-electron chi connectivity index (χ3n) is 2.50. The number of hydrogen-bond donors (Lipinski definition) is 1. The van der Waals surface area contributed by atoms with Crippen molar-refractivity contribution >= 4 is 5.97 Å². The summed E-state index contributed by atoms with van der Waals surface area (Å²) in [4.78, 5) is 10.9. The van der Waals surface area contributed by atoms with Crippen LogP contribution in [0.25, 0.3) is 0 Å². The van der Waals surface area contributed by atoms with Crippen LogP contribution in [0.5, 0.6) is 0 Å². The summed E-state index contributed by atoms with van der Waals surface area (Å²) in [7, 11) is 1.28. The van der Waals surface area contributed by atoms with Gasteiger partial charge >= 0.3 is 5.97 Å². The second kappa shape index (κ2) is 6.28. The molecule has 3 heteroatoms. The van der Waals surface area contributed by atoms with E-state index in [0.717, 1.165) is 12.8 Å². The number of esters is 1. The van der Waals surface area contributed by atoms with Crippen molar-refractivity contribution in [3.63, 3.8) is 0 Å². The largest absolute Gasteiger partial charge is 0.467 e. The van der Waals surface area contributed by atoms with E-state index in [2.05, 4.69) is 16.9 Å². The molecule has 16 heavy (non-hydrogen) atoms. The van der Waals surface area contributed by atoms with Gasteiger partial charge < -0.3 is 9.84 Å². The molecule has 88 valence electrons. The van der Waals surface area contributed by atoms with Crippen LogP contribution < -0.4 is 0 Å². The van der Waals surface area contributed by atoms with E-state index in [9.17, 15) is 9.90 Å². The molecule has 0 radical (unpaired) electrons. The lowest BCUT2D eigenvalue weighted by Gasteiger charge is -2.08. The van der Waals surface area contributed by atoms with E-state index in [0.29, 0.717) is 6.42 Å². The highest BCUT2D eigenvalue weighted by molar-refractivity contribution is 5.74. The van der Waals surface area contributed by atoms with Crippen LogP contribution in [-0.4, -0.2) is 24.3 Å². The van der Waals surface area contributed by atoms with Crippen molar-refractivity contribution < 1.29 is 14.6 Å². The number of aliphatic hydroxyl groups is 1. The van der Waals surface area contributed by atoms with Gasteiger partial charge in [0.2, 0.25) is 0 Å². The van der Waals surface area contributed by atoms with Gasteiger partial charge in [0.25, 0.3) is 0 Å². The molecule has 0 aliphatic carbocycles. The SMILES string of the molecule is COC(=O)C(O)CCCc1cccc(C)c1. The Morgan fingerprint density at radius 1 is 1.50 bits per heavy atom. The third kappa shape index (κ3) is 4.03. The molecular weight excluding hydrogens is 204 g/mol. The Morgan fingerprint density at radius 2 is 2.25 bits per heavy atom. The van der Waals surface area contributed by atoms with E-state index in [-0.39, 0.29) is 0 Å². The molecule has 1 atom stereocenters. The van der Waals surface area contributed by atoms with Crippen molar-refractivity contribution in [2.24, 2.45) is 0 Å². The van der Waals surface area contributed by atoms with Crippen LogP contribution in [0, 0.1) is 6.92 Å². The van der Waals surface area contributed by atoms with E-state index >= 15 is 0 Å². The molecule has 0 bridgehead atoms. The highest BCUT2D eigenvalue weighted by atomic mass is 16.5. The molecule has 0 spiro atoms. The van der Waals surface area contributed by atoms with Gasteiger partial charge in [0.05, 0.1) is 7.11 Å². The maximum atomic E-state index is 10.9. The Hall–Kier alpha value is -1.35. The number of carbonyl (C=O) groups excluding carboxylic acids is 1. The number of ether oxygens (including phenoxy) is 1. The van der Waals surface area contributed by atoms with Gasteiger partial charge in [0.15, 0.2) is 6.10 Å². The van der Waals surface area contributed by atoms with E-state index in [1.165, 1.54) is 18.2 Å². The molecule has 1 aromatic rings. The lowest BCUT2D eigenvalue weighted by atomic mass is 10.0. The molecule has 0 fully saturated rings. The minimum Gasteiger partial charge on any atom is -0.467 e. The Bertz CT molecular complexity index is 347. The van der Waals surface area contributed by atoms with Gasteiger partial charge in [-0.1, -0.05) is 29.8 Å². The van der Waals surface area contributed by atoms with Crippen LogP contribution >= 0.6 is 0 Å². The van der Waals surface area contributed by atoms with Crippen molar-refractivity contribution in [2.45, 2.75) is 32.3 Å². The zero-order valence-electron chi connectivity index (χ0n) is 9.77. The number of hydrogen-bond acceptors (Lipinski definition) is 3. The number of carbonyl (C=O) groups is 1. The zero-order valence-corrected chi connectivity index (χ0v) is 9.77. The van der Waals surface area contributed by atoms with Crippen molar-refractivity contribution in [2.75, 3.05) is 7.11 Å². The van der Waals surface area contributed by atoms with Crippen molar-refractivity contribution in [3.8, 4) is 0 Å². The molecule has 0 aromatic heterocycles. The minimum atomic E-state index is -0.991. The Labute approximate surface area is 96.1 Å². The highest BCUT2D eigenvalue weighted by Crippen LogP contribution is 2.09. The summed E-state index contributed by atoms with van der Waals surface area (Å²) >= 11 is 0. The van der Waals surface area contributed by atoms with Crippen molar-refractivity contribution in [3.05, 3.63) is 35.4 Å². The zero-order chi connectivity index (χ0) is 12.0. The number of aryl methyl sites for hydroxylation is 2. The molecule has 0 aliphatic heterocycles. The van der Waals surface area contributed by atoms with Gasteiger partial charge in [-0.25, -0.2) is 4.79 Å². The summed E-state index contributed by atoms with van der Waals surface area (Å²) in [5.74, 6) is -0.552. The topological polar surface area (TPSA) is 46.5 Å². The monoisotopic (exact) mass is 222 g/mol. The quantitative estimate of drug-likeness (QED) is 0.773. The predicted molar refractivity (Wildman–Crippen MR) is 62.1 cm³/mol. The van der Waals surface area contributed by atoms with E-state index in [4.69, 9.17) is 0 Å². The summed E-state index contributed by atoms with van der Waals surface area (Å²) in [6.45, 7) is 2.05. The summed E-state index contributed by atoms with van der Waals surface area (Å²) in [5.41, 5.74) is 2.46. The maximum absolute atomic E-state index is 10.9. The van der Waals surface area contributed by atoms with Gasteiger partial charge in [-0.15, -0.1) is 0 Å². The van der Waals surface area contributed by atoms with E-state index in [1.54, 1.807) is 0 Å². The van der Waals surface area contributed by atoms with Gasteiger partial charge in [0, 0.05) is 0 Å². The Kier molecular flexibility index (Phi) is 4.99.